The lowest BCUT2D eigenvalue weighted by Crippen LogP contribution is -2.53. The highest BCUT2D eigenvalue weighted by atomic mass is 16.6. The molecule has 0 radical (unpaired) electrons. The second kappa shape index (κ2) is 14.2. The Bertz CT molecular complexity index is 2020. The van der Waals surface area contributed by atoms with Gasteiger partial charge in [0.1, 0.15) is 18.1 Å². The van der Waals surface area contributed by atoms with Crippen molar-refractivity contribution >= 4 is 64.6 Å². The van der Waals surface area contributed by atoms with Crippen LogP contribution in [0.5, 0.6) is 11.5 Å². The Morgan fingerprint density at radius 1 is 0.714 bits per heavy atom. The number of ether oxygens (including phenoxy) is 3. The molecule has 1 aliphatic carbocycles. The van der Waals surface area contributed by atoms with E-state index in [1.165, 1.54) is 20.8 Å². The van der Waals surface area contributed by atoms with E-state index in [0.717, 1.165) is 10.8 Å². The molecule has 0 aromatic heterocycles. The molecule has 0 bridgehead atoms. The third-order valence-corrected chi connectivity index (χ3v) is 8.45. The van der Waals surface area contributed by atoms with Crippen LogP contribution in [-0.2, 0) is 34.9 Å². The molecular formula is C37H34B2O10. The van der Waals surface area contributed by atoms with Crippen molar-refractivity contribution in [2.75, 3.05) is 6.61 Å². The fraction of sp³-hybridized carbons (Fsp3) is 0.216. The molecule has 0 saturated heterocycles. The number of fused-ring (bicyclic) bond motifs is 3. The smallest absolute Gasteiger partial charge is 0.463 e. The molecule has 0 spiro atoms. The van der Waals surface area contributed by atoms with Gasteiger partial charge in [-0.25, -0.2) is 0 Å². The number of hydrogen-bond acceptors (Lipinski definition) is 10. The summed E-state index contributed by atoms with van der Waals surface area (Å²) in [7, 11) is -2.93. The molecule has 5 aromatic carbocycles. The van der Waals surface area contributed by atoms with Crippen LogP contribution < -0.4 is 20.4 Å². The van der Waals surface area contributed by atoms with Gasteiger partial charge in [-0.05, 0) is 33.8 Å². The fourth-order valence-corrected chi connectivity index (χ4v) is 6.40. The maximum atomic E-state index is 12.7. The van der Waals surface area contributed by atoms with Crippen molar-refractivity contribution in [3.63, 3.8) is 0 Å². The fourth-order valence-electron chi connectivity index (χ4n) is 6.40. The first kappa shape index (κ1) is 33.9. The molecule has 12 heteroatoms. The average molecular weight is 660 g/mol. The Hall–Kier alpha value is -5.00. The summed E-state index contributed by atoms with van der Waals surface area (Å²) in [6, 6.07) is 28.6. The summed E-state index contributed by atoms with van der Waals surface area (Å²) in [6.45, 7) is 3.48. The number of hydrogen-bond donors (Lipinski definition) is 2. The van der Waals surface area contributed by atoms with Crippen LogP contribution in [0.4, 0.5) is 0 Å². The van der Waals surface area contributed by atoms with Crippen molar-refractivity contribution in [3.05, 3.63) is 108 Å². The third kappa shape index (κ3) is 7.38. The highest BCUT2D eigenvalue weighted by Crippen LogP contribution is 2.52. The summed E-state index contributed by atoms with van der Waals surface area (Å²) < 4.78 is 30.3. The first-order chi connectivity index (χ1) is 23.5. The van der Waals surface area contributed by atoms with Gasteiger partial charge in [-0.2, -0.15) is 0 Å². The first-order valence-corrected chi connectivity index (χ1v) is 15.8. The molecule has 49 heavy (non-hydrogen) atoms. The van der Waals surface area contributed by atoms with Crippen molar-refractivity contribution < 1.29 is 48.0 Å². The molecule has 0 heterocycles. The van der Waals surface area contributed by atoms with Gasteiger partial charge >= 0.3 is 32.1 Å². The number of carbonyl (C=O) groups is 3. The minimum Gasteiger partial charge on any atom is -0.463 e. The number of rotatable bonds is 10. The molecular weight excluding hydrogens is 626 g/mol. The molecule has 248 valence electrons. The summed E-state index contributed by atoms with van der Waals surface area (Å²) in [5.41, 5.74) is 0.121. The Balaban J connectivity index is 1.64. The molecule has 10 nitrogen and oxygen atoms in total. The van der Waals surface area contributed by atoms with Gasteiger partial charge in [0.2, 0.25) is 0 Å². The molecule has 1 aliphatic rings. The molecule has 2 atom stereocenters. The summed E-state index contributed by atoms with van der Waals surface area (Å²) in [5, 5.41) is 25.4. The van der Waals surface area contributed by atoms with E-state index < -0.39 is 43.8 Å². The average Bonchev–Trinajstić information content (AvgIpc) is 3.08. The molecule has 2 N–H and O–H groups in total. The lowest BCUT2D eigenvalue weighted by molar-refractivity contribution is -0.150. The van der Waals surface area contributed by atoms with Gasteiger partial charge in [0.25, 0.3) is 0 Å². The first-order valence-electron chi connectivity index (χ1n) is 15.8. The van der Waals surface area contributed by atoms with Crippen LogP contribution in [0.15, 0.2) is 97.1 Å². The topological polar surface area (TPSA) is 138 Å². The summed E-state index contributed by atoms with van der Waals surface area (Å²) in [5.74, 6) is -1.48. The normalized spacial score (nSPS) is 16.9. The zero-order valence-corrected chi connectivity index (χ0v) is 27.3. The molecule has 6 rings (SSSR count). The van der Waals surface area contributed by atoms with Gasteiger partial charge in [-0.1, -0.05) is 84.9 Å². The van der Waals surface area contributed by atoms with Crippen molar-refractivity contribution in [3.8, 4) is 11.5 Å². The maximum Gasteiger partial charge on any atom is 0.491 e. The van der Waals surface area contributed by atoms with Crippen LogP contribution in [0, 0.1) is 0 Å². The number of benzene rings is 5. The van der Waals surface area contributed by atoms with Gasteiger partial charge in [-0.15, -0.1) is 0 Å². The van der Waals surface area contributed by atoms with E-state index >= 15 is 0 Å². The predicted molar refractivity (Wildman–Crippen MR) is 185 cm³/mol. The zero-order valence-electron chi connectivity index (χ0n) is 27.3. The van der Waals surface area contributed by atoms with Crippen LogP contribution in [0.2, 0.25) is 0 Å². The van der Waals surface area contributed by atoms with Crippen molar-refractivity contribution in [2.45, 2.75) is 45.3 Å². The predicted octanol–water partition coefficient (Wildman–Crippen LogP) is 3.94. The number of esters is 3. The quantitative estimate of drug-likeness (QED) is 0.0981. The molecule has 5 aromatic rings. The summed E-state index contributed by atoms with van der Waals surface area (Å²) in [4.78, 5) is 37.7. The van der Waals surface area contributed by atoms with E-state index in [-0.39, 0.29) is 30.9 Å². The molecule has 0 amide bonds. The monoisotopic (exact) mass is 660 g/mol. The van der Waals surface area contributed by atoms with Gasteiger partial charge in [-0.3, -0.25) is 14.4 Å². The lowest BCUT2D eigenvalue weighted by atomic mass is 9.71. The van der Waals surface area contributed by atoms with E-state index in [0.29, 0.717) is 32.8 Å². The highest BCUT2D eigenvalue weighted by Gasteiger charge is 2.48. The molecule has 0 fully saturated rings. The standard InChI is InChI=1S/C37H34B2O10/c1-23(40)45-22-37(49-39(44)29-16-8-5-9-17-29)20-32-34(33(21-37)48-38(43)28-14-6-4-7-15-28)36(47-25(3)42)31-19-27-13-11-10-12-26(27)18-30(31)35(32)46-24(2)41/h4-19,33,43-44H,20-22H2,1-3H3/t33-,37-/m0/s1. The van der Waals surface area contributed by atoms with E-state index in [2.05, 4.69) is 0 Å². The van der Waals surface area contributed by atoms with E-state index in [1.807, 2.05) is 36.4 Å². The third-order valence-electron chi connectivity index (χ3n) is 8.45. The summed E-state index contributed by atoms with van der Waals surface area (Å²) >= 11 is 0. The van der Waals surface area contributed by atoms with Gasteiger partial charge in [0.05, 0.1) is 11.7 Å². The van der Waals surface area contributed by atoms with E-state index in [1.54, 1.807) is 60.7 Å². The van der Waals surface area contributed by atoms with Gasteiger partial charge in [0, 0.05) is 55.5 Å². The minimum absolute atomic E-state index is 0.0690. The Morgan fingerprint density at radius 3 is 1.78 bits per heavy atom. The maximum absolute atomic E-state index is 12.7. The van der Waals surface area contributed by atoms with Crippen LogP contribution in [0.3, 0.4) is 0 Å². The van der Waals surface area contributed by atoms with Crippen molar-refractivity contribution in [1.29, 1.82) is 0 Å². The Kier molecular flexibility index (Phi) is 9.84. The van der Waals surface area contributed by atoms with Gasteiger partial charge in [0.15, 0.2) is 0 Å². The second-order valence-corrected chi connectivity index (χ2v) is 12.1. The van der Waals surface area contributed by atoms with Crippen LogP contribution >= 0.6 is 0 Å². The molecule has 0 saturated carbocycles. The van der Waals surface area contributed by atoms with Crippen molar-refractivity contribution in [2.24, 2.45) is 0 Å². The zero-order chi connectivity index (χ0) is 34.7. The largest absolute Gasteiger partial charge is 0.491 e. The number of carbonyl (C=O) groups excluding carboxylic acids is 3. The van der Waals surface area contributed by atoms with Crippen LogP contribution in [0.25, 0.3) is 21.5 Å². The minimum atomic E-state index is -1.48. The molecule has 0 aliphatic heterocycles. The Labute approximate surface area is 283 Å². The van der Waals surface area contributed by atoms with E-state index in [4.69, 9.17) is 23.5 Å². The van der Waals surface area contributed by atoms with Crippen molar-refractivity contribution in [1.82, 2.24) is 0 Å². The SMILES string of the molecule is CC(=O)OC[C@]1(OB(O)c2ccccc2)Cc2c(c(OC(C)=O)c3cc4ccccc4cc3c2OC(C)=O)[C@@H](OB(O)c2ccccc2)C1. The van der Waals surface area contributed by atoms with Crippen LogP contribution in [-0.4, -0.2) is 54.4 Å². The Morgan fingerprint density at radius 2 is 1.22 bits per heavy atom. The van der Waals surface area contributed by atoms with Gasteiger partial charge < -0.3 is 33.6 Å². The molecule has 0 unspecified atom stereocenters. The lowest BCUT2D eigenvalue weighted by Gasteiger charge is -2.43. The van der Waals surface area contributed by atoms with Crippen LogP contribution in [0.1, 0.15) is 44.4 Å². The summed E-state index contributed by atoms with van der Waals surface area (Å²) in [6.07, 6.45) is -1.24. The highest BCUT2D eigenvalue weighted by molar-refractivity contribution is 6.60. The second-order valence-electron chi connectivity index (χ2n) is 12.1. The van der Waals surface area contributed by atoms with E-state index in [9.17, 15) is 24.4 Å².